The fourth-order valence-electron chi connectivity index (χ4n) is 2.12. The molecule has 1 N–H and O–H groups in total. The lowest BCUT2D eigenvalue weighted by molar-refractivity contribution is 0.195. The predicted octanol–water partition coefficient (Wildman–Crippen LogP) is 6.18. The average Bonchev–Trinajstić information content (AvgIpc) is 2.40. The van der Waals surface area contributed by atoms with E-state index in [1.54, 1.807) is 6.92 Å². The molecule has 0 aliphatic carbocycles. The van der Waals surface area contributed by atoms with Gasteiger partial charge in [0.05, 0.1) is 6.10 Å². The van der Waals surface area contributed by atoms with Gasteiger partial charge in [0.1, 0.15) is 11.5 Å². The molecule has 21 heavy (non-hydrogen) atoms. The van der Waals surface area contributed by atoms with Crippen molar-refractivity contribution in [2.24, 2.45) is 0 Å². The van der Waals surface area contributed by atoms with E-state index in [1.165, 1.54) is 0 Å². The summed E-state index contributed by atoms with van der Waals surface area (Å²) >= 11 is 6.95. The fourth-order valence-corrected chi connectivity index (χ4v) is 2.84. The Balaban J connectivity index is 2.45. The molecule has 0 radical (unpaired) electrons. The second-order valence-electron chi connectivity index (χ2n) is 5.30. The number of rotatable bonds is 4. The largest absolute Gasteiger partial charge is 0.457 e. The Hall–Kier alpha value is -0.840. The molecule has 4 heteroatoms. The molecule has 0 amide bonds. The van der Waals surface area contributed by atoms with Crippen molar-refractivity contribution in [3.05, 3.63) is 56.5 Å². The minimum atomic E-state index is -0.578. The van der Waals surface area contributed by atoms with E-state index in [0.29, 0.717) is 11.7 Å². The van der Waals surface area contributed by atoms with E-state index in [1.807, 2.05) is 30.3 Å². The van der Waals surface area contributed by atoms with Gasteiger partial charge in [-0.25, -0.2) is 0 Å². The average molecular weight is 414 g/mol. The summed E-state index contributed by atoms with van der Waals surface area (Å²) in [4.78, 5) is 0. The number of benzene rings is 2. The van der Waals surface area contributed by atoms with Crippen molar-refractivity contribution >= 4 is 31.9 Å². The zero-order chi connectivity index (χ0) is 15.6. The molecule has 0 aromatic heterocycles. The third-order valence-corrected chi connectivity index (χ3v) is 4.23. The van der Waals surface area contributed by atoms with E-state index in [9.17, 15) is 5.11 Å². The maximum atomic E-state index is 9.89. The molecule has 0 aliphatic rings. The van der Waals surface area contributed by atoms with Crippen LogP contribution in [0, 0.1) is 0 Å². The van der Waals surface area contributed by atoms with Gasteiger partial charge in [-0.3, -0.25) is 0 Å². The van der Waals surface area contributed by atoms with Gasteiger partial charge in [0.25, 0.3) is 0 Å². The molecule has 112 valence electrons. The van der Waals surface area contributed by atoms with Crippen molar-refractivity contribution in [3.8, 4) is 11.5 Å². The summed E-state index contributed by atoms with van der Waals surface area (Å²) in [7, 11) is 0. The van der Waals surface area contributed by atoms with E-state index in [2.05, 4.69) is 51.8 Å². The third-order valence-electron chi connectivity index (χ3n) is 3.24. The number of aliphatic hydroxyl groups is 1. The Kier molecular flexibility index (Phi) is 5.47. The highest BCUT2D eigenvalue weighted by Gasteiger charge is 2.14. The first-order chi connectivity index (χ1) is 9.88. The Morgan fingerprint density at radius 3 is 2.10 bits per heavy atom. The monoisotopic (exact) mass is 412 g/mol. The van der Waals surface area contributed by atoms with Crippen LogP contribution in [-0.4, -0.2) is 5.11 Å². The van der Waals surface area contributed by atoms with E-state index >= 15 is 0 Å². The van der Waals surface area contributed by atoms with Crippen molar-refractivity contribution in [1.82, 2.24) is 0 Å². The first-order valence-corrected chi connectivity index (χ1v) is 8.42. The van der Waals surface area contributed by atoms with E-state index < -0.39 is 6.10 Å². The van der Waals surface area contributed by atoms with E-state index in [4.69, 9.17) is 4.74 Å². The summed E-state index contributed by atoms with van der Waals surface area (Å²) in [5, 5.41) is 9.89. The zero-order valence-electron chi connectivity index (χ0n) is 12.2. The molecule has 0 bridgehead atoms. The third kappa shape index (κ3) is 4.09. The van der Waals surface area contributed by atoms with Crippen LogP contribution in [-0.2, 0) is 0 Å². The van der Waals surface area contributed by atoms with Gasteiger partial charge in [0, 0.05) is 14.5 Å². The molecule has 0 saturated carbocycles. The quantitative estimate of drug-likeness (QED) is 0.648. The smallest absolute Gasteiger partial charge is 0.134 e. The number of aliphatic hydroxyl groups excluding tert-OH is 1. The highest BCUT2D eigenvalue weighted by molar-refractivity contribution is 9.10. The van der Waals surface area contributed by atoms with Crippen LogP contribution in [0.4, 0.5) is 0 Å². The maximum absolute atomic E-state index is 9.89. The standard InChI is InChI=1S/C17H18Br2O2/c1-10(2)15-8-12(18)5-7-16(15)21-17-9-13(19)4-6-14(17)11(3)20/h4-11,20H,1-3H3. The van der Waals surface area contributed by atoms with E-state index in [0.717, 1.165) is 25.8 Å². The van der Waals surface area contributed by atoms with Gasteiger partial charge in [-0.15, -0.1) is 0 Å². The number of hydrogen-bond acceptors (Lipinski definition) is 2. The molecule has 0 saturated heterocycles. The molecule has 0 spiro atoms. The molecule has 2 aromatic carbocycles. The number of halogens is 2. The first-order valence-electron chi connectivity index (χ1n) is 6.83. The van der Waals surface area contributed by atoms with Gasteiger partial charge in [-0.2, -0.15) is 0 Å². The topological polar surface area (TPSA) is 29.5 Å². The Labute approximate surface area is 142 Å². The highest BCUT2D eigenvalue weighted by Crippen LogP contribution is 2.36. The second-order valence-corrected chi connectivity index (χ2v) is 7.13. The SMILES string of the molecule is CC(C)c1cc(Br)ccc1Oc1cc(Br)ccc1C(C)O. The van der Waals surface area contributed by atoms with Gasteiger partial charge in [-0.05, 0) is 48.7 Å². The minimum Gasteiger partial charge on any atom is -0.457 e. The van der Waals surface area contributed by atoms with Crippen LogP contribution < -0.4 is 4.74 Å². The zero-order valence-corrected chi connectivity index (χ0v) is 15.4. The summed E-state index contributed by atoms with van der Waals surface area (Å²) in [6, 6.07) is 11.6. The van der Waals surface area contributed by atoms with Crippen LogP contribution in [0.15, 0.2) is 45.3 Å². The second kappa shape index (κ2) is 6.95. The Morgan fingerprint density at radius 1 is 0.857 bits per heavy atom. The number of ether oxygens (including phenoxy) is 1. The normalized spacial score (nSPS) is 12.5. The van der Waals surface area contributed by atoms with Gasteiger partial charge in [0.15, 0.2) is 0 Å². The van der Waals surface area contributed by atoms with E-state index in [-0.39, 0.29) is 0 Å². The molecule has 0 heterocycles. The summed E-state index contributed by atoms with van der Waals surface area (Å²) in [6.07, 6.45) is -0.578. The lowest BCUT2D eigenvalue weighted by atomic mass is 10.0. The summed E-state index contributed by atoms with van der Waals surface area (Å²) in [5.41, 5.74) is 1.90. The Bertz CT molecular complexity index is 637. The molecular formula is C17H18Br2O2. The van der Waals surface area contributed by atoms with Crippen LogP contribution in [0.2, 0.25) is 0 Å². The van der Waals surface area contributed by atoms with Crippen LogP contribution in [0.1, 0.15) is 43.9 Å². The summed E-state index contributed by atoms with van der Waals surface area (Å²) < 4.78 is 8.04. The summed E-state index contributed by atoms with van der Waals surface area (Å²) in [5.74, 6) is 1.83. The van der Waals surface area contributed by atoms with Crippen molar-refractivity contribution in [2.75, 3.05) is 0 Å². The predicted molar refractivity (Wildman–Crippen MR) is 93.1 cm³/mol. The van der Waals surface area contributed by atoms with Crippen molar-refractivity contribution in [3.63, 3.8) is 0 Å². The first kappa shape index (κ1) is 16.5. The van der Waals surface area contributed by atoms with Crippen LogP contribution in [0.25, 0.3) is 0 Å². The van der Waals surface area contributed by atoms with Gasteiger partial charge >= 0.3 is 0 Å². The van der Waals surface area contributed by atoms with Crippen molar-refractivity contribution in [1.29, 1.82) is 0 Å². The maximum Gasteiger partial charge on any atom is 0.134 e. The lowest BCUT2D eigenvalue weighted by Gasteiger charge is -2.17. The molecule has 2 nitrogen and oxygen atoms in total. The molecule has 0 fully saturated rings. The molecule has 1 unspecified atom stereocenters. The van der Waals surface area contributed by atoms with Crippen LogP contribution in [0.3, 0.4) is 0 Å². The van der Waals surface area contributed by atoms with Crippen LogP contribution >= 0.6 is 31.9 Å². The molecule has 0 aliphatic heterocycles. The highest BCUT2D eigenvalue weighted by atomic mass is 79.9. The van der Waals surface area contributed by atoms with Gasteiger partial charge in [-0.1, -0.05) is 51.8 Å². The molecule has 2 aromatic rings. The molecule has 2 rings (SSSR count). The number of hydrogen-bond donors (Lipinski definition) is 1. The Morgan fingerprint density at radius 2 is 1.48 bits per heavy atom. The fraction of sp³-hybridized carbons (Fsp3) is 0.294. The molecular weight excluding hydrogens is 396 g/mol. The van der Waals surface area contributed by atoms with Crippen LogP contribution in [0.5, 0.6) is 11.5 Å². The minimum absolute atomic E-state index is 0.347. The van der Waals surface area contributed by atoms with Gasteiger partial charge < -0.3 is 9.84 Å². The lowest BCUT2D eigenvalue weighted by Crippen LogP contribution is -1.99. The van der Waals surface area contributed by atoms with Gasteiger partial charge in [0.2, 0.25) is 0 Å². The summed E-state index contributed by atoms with van der Waals surface area (Å²) in [6.45, 7) is 6.00. The molecule has 1 atom stereocenters. The van der Waals surface area contributed by atoms with Crippen molar-refractivity contribution in [2.45, 2.75) is 32.8 Å². The van der Waals surface area contributed by atoms with Crippen molar-refractivity contribution < 1.29 is 9.84 Å².